The second kappa shape index (κ2) is 1.18. The summed E-state index contributed by atoms with van der Waals surface area (Å²) >= 11 is 0. The summed E-state index contributed by atoms with van der Waals surface area (Å²) in [5.41, 5.74) is 5.74. The molecule has 3 nitrogen and oxygen atoms in total. The molecular weight excluding hydrogens is 90.1 g/mol. The van der Waals surface area contributed by atoms with Crippen LogP contribution in [0.3, 0.4) is 0 Å². The van der Waals surface area contributed by atoms with E-state index in [9.17, 15) is 0 Å². The molecule has 0 saturated carbocycles. The Balaban J connectivity index is 2.88. The molecular formula is C4H5N3. The Labute approximate surface area is 41.3 Å². The van der Waals surface area contributed by atoms with Gasteiger partial charge in [0.15, 0.2) is 0 Å². The van der Waals surface area contributed by atoms with Crippen LogP contribution in [0.4, 0.5) is 0 Å². The summed E-state index contributed by atoms with van der Waals surface area (Å²) in [6, 6.07) is 0. The Morgan fingerprint density at radius 1 is 1.71 bits per heavy atom. The SMILES string of the molecule is C=C1C=NC(N)=N1. The van der Waals surface area contributed by atoms with Crippen LogP contribution in [0.5, 0.6) is 0 Å². The van der Waals surface area contributed by atoms with E-state index in [-0.39, 0.29) is 0 Å². The van der Waals surface area contributed by atoms with Crippen molar-refractivity contribution in [3.8, 4) is 0 Å². The molecule has 0 fully saturated rings. The van der Waals surface area contributed by atoms with Crippen molar-refractivity contribution in [2.75, 3.05) is 0 Å². The molecule has 36 valence electrons. The summed E-state index contributed by atoms with van der Waals surface area (Å²) in [4.78, 5) is 7.29. The zero-order valence-electron chi connectivity index (χ0n) is 3.76. The van der Waals surface area contributed by atoms with E-state index in [2.05, 4.69) is 16.6 Å². The van der Waals surface area contributed by atoms with E-state index in [1.807, 2.05) is 0 Å². The Bertz CT molecular complexity index is 154. The molecule has 0 bridgehead atoms. The van der Waals surface area contributed by atoms with E-state index >= 15 is 0 Å². The van der Waals surface area contributed by atoms with Gasteiger partial charge >= 0.3 is 0 Å². The maximum Gasteiger partial charge on any atom is 0.220 e. The minimum Gasteiger partial charge on any atom is -0.368 e. The van der Waals surface area contributed by atoms with Gasteiger partial charge in [-0.3, -0.25) is 0 Å². The Morgan fingerprint density at radius 2 is 2.43 bits per heavy atom. The molecule has 3 heteroatoms. The van der Waals surface area contributed by atoms with Gasteiger partial charge < -0.3 is 5.73 Å². The van der Waals surface area contributed by atoms with E-state index in [0.717, 1.165) is 0 Å². The maximum atomic E-state index is 5.12. The number of rotatable bonds is 0. The van der Waals surface area contributed by atoms with E-state index in [4.69, 9.17) is 5.73 Å². The van der Waals surface area contributed by atoms with E-state index in [1.54, 1.807) is 0 Å². The molecule has 1 aliphatic rings. The molecule has 2 N–H and O–H groups in total. The van der Waals surface area contributed by atoms with E-state index in [1.165, 1.54) is 6.21 Å². The predicted octanol–water partition coefficient (Wildman–Crippen LogP) is -0.101. The molecule has 0 aliphatic carbocycles. The van der Waals surface area contributed by atoms with Crippen LogP contribution in [-0.2, 0) is 0 Å². The molecule has 0 aromatic carbocycles. The topological polar surface area (TPSA) is 50.7 Å². The van der Waals surface area contributed by atoms with Gasteiger partial charge in [0.25, 0.3) is 0 Å². The lowest BCUT2D eigenvalue weighted by Gasteiger charge is -1.74. The fourth-order valence-electron chi connectivity index (χ4n) is 0.346. The molecule has 1 heterocycles. The van der Waals surface area contributed by atoms with Crippen molar-refractivity contribution in [1.82, 2.24) is 0 Å². The van der Waals surface area contributed by atoms with Gasteiger partial charge in [0, 0.05) is 0 Å². The lowest BCUT2D eigenvalue weighted by atomic mass is 10.6. The minimum atomic E-state index is 0.296. The van der Waals surface area contributed by atoms with Crippen molar-refractivity contribution < 1.29 is 0 Å². The van der Waals surface area contributed by atoms with Crippen LogP contribution in [0, 0.1) is 0 Å². The van der Waals surface area contributed by atoms with E-state index in [0.29, 0.717) is 11.7 Å². The van der Waals surface area contributed by atoms with Gasteiger partial charge in [-0.25, -0.2) is 9.98 Å². The minimum absolute atomic E-state index is 0.296. The fraction of sp³-hybridized carbons (Fsp3) is 0. The highest BCUT2D eigenvalue weighted by molar-refractivity contribution is 5.99. The van der Waals surface area contributed by atoms with Crippen molar-refractivity contribution in [3.05, 3.63) is 12.3 Å². The van der Waals surface area contributed by atoms with Crippen LogP contribution < -0.4 is 5.73 Å². The van der Waals surface area contributed by atoms with Crippen molar-refractivity contribution in [1.29, 1.82) is 0 Å². The summed E-state index contributed by atoms with van der Waals surface area (Å²) in [5, 5.41) is 0. The number of nitrogens with zero attached hydrogens (tertiary/aromatic N) is 2. The van der Waals surface area contributed by atoms with Gasteiger partial charge in [0.2, 0.25) is 5.96 Å². The first-order chi connectivity index (χ1) is 3.29. The Hall–Kier alpha value is -1.12. The predicted molar refractivity (Wildman–Crippen MR) is 29.3 cm³/mol. The van der Waals surface area contributed by atoms with Crippen LogP contribution in [0.25, 0.3) is 0 Å². The molecule has 0 aromatic heterocycles. The number of guanidine groups is 1. The van der Waals surface area contributed by atoms with Gasteiger partial charge in [0.05, 0.1) is 11.9 Å². The smallest absolute Gasteiger partial charge is 0.220 e. The number of nitrogens with two attached hydrogens (primary N) is 1. The molecule has 0 amide bonds. The highest BCUT2D eigenvalue weighted by Crippen LogP contribution is 1.94. The standard InChI is InChI=1S/C4H5N3/c1-3-2-6-4(5)7-3/h2H,1H2,(H2,5,7). The lowest BCUT2D eigenvalue weighted by molar-refractivity contribution is 1.47. The maximum absolute atomic E-state index is 5.12. The summed E-state index contributed by atoms with van der Waals surface area (Å²) in [7, 11) is 0. The van der Waals surface area contributed by atoms with Crippen molar-refractivity contribution >= 4 is 12.2 Å². The number of allylic oxidation sites excluding steroid dienone is 1. The van der Waals surface area contributed by atoms with Crippen molar-refractivity contribution in [2.45, 2.75) is 0 Å². The first-order valence-corrected chi connectivity index (χ1v) is 1.86. The van der Waals surface area contributed by atoms with Gasteiger partial charge in [0.1, 0.15) is 0 Å². The zero-order valence-corrected chi connectivity index (χ0v) is 3.76. The summed E-state index contributed by atoms with van der Waals surface area (Å²) in [6.07, 6.45) is 1.52. The molecule has 7 heavy (non-hydrogen) atoms. The molecule has 0 aromatic rings. The fourth-order valence-corrected chi connectivity index (χ4v) is 0.346. The van der Waals surface area contributed by atoms with Gasteiger partial charge in [-0.05, 0) is 0 Å². The Kier molecular flexibility index (Phi) is 0.685. The highest BCUT2D eigenvalue weighted by Gasteiger charge is 1.94. The summed E-state index contributed by atoms with van der Waals surface area (Å²) < 4.78 is 0. The second-order valence-electron chi connectivity index (χ2n) is 1.22. The van der Waals surface area contributed by atoms with Crippen LogP contribution >= 0.6 is 0 Å². The molecule has 0 unspecified atom stereocenters. The van der Waals surface area contributed by atoms with Crippen LogP contribution in [0.15, 0.2) is 22.3 Å². The van der Waals surface area contributed by atoms with E-state index < -0.39 is 0 Å². The molecule has 0 saturated heterocycles. The molecule has 0 atom stereocenters. The van der Waals surface area contributed by atoms with Crippen LogP contribution in [-0.4, -0.2) is 12.2 Å². The number of hydrogen-bond donors (Lipinski definition) is 1. The van der Waals surface area contributed by atoms with Crippen molar-refractivity contribution in [3.63, 3.8) is 0 Å². The largest absolute Gasteiger partial charge is 0.368 e. The Morgan fingerprint density at radius 3 is 2.57 bits per heavy atom. The van der Waals surface area contributed by atoms with Crippen LogP contribution in [0.2, 0.25) is 0 Å². The molecule has 1 aliphatic heterocycles. The third-order valence-corrected chi connectivity index (χ3v) is 0.604. The molecule has 1 rings (SSSR count). The van der Waals surface area contributed by atoms with Crippen molar-refractivity contribution in [2.24, 2.45) is 15.7 Å². The molecule has 0 spiro atoms. The first kappa shape index (κ1) is 4.05. The normalized spacial score (nSPS) is 17.7. The van der Waals surface area contributed by atoms with Gasteiger partial charge in [-0.15, -0.1) is 0 Å². The summed E-state index contributed by atoms with van der Waals surface area (Å²) in [6.45, 7) is 3.49. The first-order valence-electron chi connectivity index (χ1n) is 1.86. The van der Waals surface area contributed by atoms with Crippen LogP contribution in [0.1, 0.15) is 0 Å². The second-order valence-corrected chi connectivity index (χ2v) is 1.22. The third-order valence-electron chi connectivity index (χ3n) is 0.604. The molecule has 0 radical (unpaired) electrons. The van der Waals surface area contributed by atoms with Gasteiger partial charge in [-0.1, -0.05) is 6.58 Å². The number of aliphatic imine (C=N–C) groups is 2. The summed E-state index contributed by atoms with van der Waals surface area (Å²) in [5.74, 6) is 0.296. The zero-order chi connectivity index (χ0) is 5.28. The quantitative estimate of drug-likeness (QED) is 0.448. The third kappa shape index (κ3) is 0.652. The van der Waals surface area contributed by atoms with Gasteiger partial charge in [-0.2, -0.15) is 0 Å². The highest BCUT2D eigenvalue weighted by atomic mass is 15.1. The average Bonchev–Trinajstić information content (AvgIpc) is 1.87. The monoisotopic (exact) mass is 95.0 g/mol. The lowest BCUT2D eigenvalue weighted by Crippen LogP contribution is -2.03. The number of hydrogen-bond acceptors (Lipinski definition) is 3. The average molecular weight is 95.1 g/mol.